The van der Waals surface area contributed by atoms with Crippen LogP contribution in [0.25, 0.3) is 5.57 Å². The number of rotatable bonds is 9. The number of carbonyl (C=O) groups excluding carboxylic acids is 1. The van der Waals surface area contributed by atoms with Crippen molar-refractivity contribution in [2.75, 3.05) is 26.7 Å². The third-order valence-electron chi connectivity index (χ3n) is 3.80. The van der Waals surface area contributed by atoms with E-state index in [2.05, 4.69) is 5.94 Å². The van der Waals surface area contributed by atoms with Gasteiger partial charge >= 0.3 is 0 Å². The first-order chi connectivity index (χ1) is 12.7. The highest BCUT2D eigenvalue weighted by molar-refractivity contribution is 8.17. The van der Waals surface area contributed by atoms with Gasteiger partial charge in [-0.25, -0.2) is 4.79 Å². The van der Waals surface area contributed by atoms with E-state index in [-0.39, 0.29) is 4.58 Å². The van der Waals surface area contributed by atoms with Crippen LogP contribution in [0.4, 0.5) is 0 Å². The van der Waals surface area contributed by atoms with Gasteiger partial charge in [0.15, 0.2) is 0 Å². The van der Waals surface area contributed by atoms with E-state index in [1.807, 2.05) is 55.0 Å². The molecule has 0 fully saturated rings. The van der Waals surface area contributed by atoms with Gasteiger partial charge in [-0.3, -0.25) is 0 Å². The zero-order chi connectivity index (χ0) is 18.9. The zero-order valence-corrected chi connectivity index (χ0v) is 16.9. The Morgan fingerprint density at radius 2 is 1.65 bits per heavy atom. The van der Waals surface area contributed by atoms with Crippen molar-refractivity contribution in [3.63, 3.8) is 0 Å². The molecule has 0 aliphatic rings. The highest BCUT2D eigenvalue weighted by Gasteiger charge is 2.23. The van der Waals surface area contributed by atoms with Crippen molar-refractivity contribution < 1.29 is 19.0 Å². The fourth-order valence-electron chi connectivity index (χ4n) is 2.50. The molecule has 0 aromatic heterocycles. The molecule has 0 saturated carbocycles. The van der Waals surface area contributed by atoms with E-state index >= 15 is 0 Å². The standard InChI is InChI=1S/C20H22O4S2/c1-22-15-10-8-14(9-11-15)13-24-18-7-5-6-17(23-2)19(18)16(12-21)20(25-3)26-4/h5-11,20H,13H2,1-4H3. The maximum atomic E-state index is 11.7. The minimum atomic E-state index is -0.0489. The lowest BCUT2D eigenvalue weighted by Crippen LogP contribution is -2.06. The van der Waals surface area contributed by atoms with Gasteiger partial charge in [0.25, 0.3) is 0 Å². The van der Waals surface area contributed by atoms with E-state index in [4.69, 9.17) is 14.2 Å². The van der Waals surface area contributed by atoms with Gasteiger partial charge in [0.2, 0.25) is 0 Å². The molecule has 26 heavy (non-hydrogen) atoms. The lowest BCUT2D eigenvalue weighted by Gasteiger charge is -2.19. The van der Waals surface area contributed by atoms with Crippen LogP contribution >= 0.6 is 23.5 Å². The normalized spacial score (nSPS) is 10.3. The molecular formula is C20H22O4S2. The SMILES string of the molecule is COc1ccc(COc2cccc(OC)c2C(=C=O)C(SC)SC)cc1. The molecule has 0 amide bonds. The molecule has 0 heterocycles. The predicted octanol–water partition coefficient (Wildman–Crippen LogP) is 4.55. The van der Waals surface area contributed by atoms with Crippen molar-refractivity contribution in [2.45, 2.75) is 11.2 Å². The summed E-state index contributed by atoms with van der Waals surface area (Å²) in [4.78, 5) is 11.7. The fourth-order valence-corrected chi connectivity index (χ4v) is 4.07. The summed E-state index contributed by atoms with van der Waals surface area (Å²) in [5.74, 6) is 4.10. The van der Waals surface area contributed by atoms with Gasteiger partial charge in [0, 0.05) is 0 Å². The Bertz CT molecular complexity index is 764. The third kappa shape index (κ3) is 4.79. The van der Waals surface area contributed by atoms with Gasteiger partial charge in [-0.05, 0) is 42.3 Å². The molecule has 0 unspecified atom stereocenters. The van der Waals surface area contributed by atoms with Crippen LogP contribution in [0.3, 0.4) is 0 Å². The van der Waals surface area contributed by atoms with E-state index in [0.717, 1.165) is 11.3 Å². The van der Waals surface area contributed by atoms with Crippen LogP contribution in [0.2, 0.25) is 0 Å². The quantitative estimate of drug-likeness (QED) is 0.462. The van der Waals surface area contributed by atoms with E-state index < -0.39 is 0 Å². The molecule has 2 aromatic rings. The minimum Gasteiger partial charge on any atom is -0.497 e. The molecular weight excluding hydrogens is 368 g/mol. The first-order valence-electron chi connectivity index (χ1n) is 7.92. The number of methoxy groups -OCH3 is 2. The predicted molar refractivity (Wildman–Crippen MR) is 110 cm³/mol. The van der Waals surface area contributed by atoms with Crippen LogP contribution in [0, 0.1) is 0 Å². The summed E-state index contributed by atoms with van der Waals surface area (Å²) < 4.78 is 16.6. The monoisotopic (exact) mass is 390 g/mol. The third-order valence-corrected chi connectivity index (χ3v) is 6.29. The maximum Gasteiger partial charge on any atom is 0.131 e. The van der Waals surface area contributed by atoms with Gasteiger partial charge in [0.05, 0.1) is 29.9 Å². The average Bonchev–Trinajstić information content (AvgIpc) is 2.70. The van der Waals surface area contributed by atoms with Crippen molar-refractivity contribution in [1.29, 1.82) is 0 Å². The van der Waals surface area contributed by atoms with E-state index in [1.54, 1.807) is 37.7 Å². The average molecular weight is 391 g/mol. The summed E-state index contributed by atoms with van der Waals surface area (Å²) in [7, 11) is 3.22. The first-order valence-corrected chi connectivity index (χ1v) is 10.5. The van der Waals surface area contributed by atoms with Gasteiger partial charge in [-0.2, -0.15) is 0 Å². The number of thioether (sulfide) groups is 2. The number of ether oxygens (including phenoxy) is 3. The van der Waals surface area contributed by atoms with Crippen LogP contribution in [0.5, 0.6) is 17.2 Å². The second kappa shape index (κ2) is 10.2. The van der Waals surface area contributed by atoms with Gasteiger partial charge in [-0.15, -0.1) is 23.5 Å². The molecule has 138 valence electrons. The molecule has 2 aromatic carbocycles. The van der Waals surface area contributed by atoms with Crippen LogP contribution < -0.4 is 14.2 Å². The molecule has 6 heteroatoms. The summed E-state index contributed by atoms with van der Waals surface area (Å²) >= 11 is 3.16. The van der Waals surface area contributed by atoms with Crippen LogP contribution in [0.1, 0.15) is 11.1 Å². The molecule has 0 aliphatic carbocycles. The van der Waals surface area contributed by atoms with Crippen molar-refractivity contribution in [1.82, 2.24) is 0 Å². The van der Waals surface area contributed by atoms with Gasteiger partial charge in [0.1, 0.15) is 29.8 Å². The van der Waals surface area contributed by atoms with Gasteiger partial charge < -0.3 is 14.2 Å². The van der Waals surface area contributed by atoms with Crippen molar-refractivity contribution >= 4 is 35.0 Å². The number of hydrogen-bond acceptors (Lipinski definition) is 6. The Morgan fingerprint density at radius 1 is 1.00 bits per heavy atom. The second-order valence-electron chi connectivity index (χ2n) is 5.29. The molecule has 0 aliphatic heterocycles. The van der Waals surface area contributed by atoms with Crippen LogP contribution in [-0.2, 0) is 11.4 Å². The van der Waals surface area contributed by atoms with E-state index in [9.17, 15) is 4.79 Å². The minimum absolute atomic E-state index is 0.0489. The van der Waals surface area contributed by atoms with E-state index in [0.29, 0.717) is 29.2 Å². The zero-order valence-electron chi connectivity index (χ0n) is 15.3. The van der Waals surface area contributed by atoms with Crippen LogP contribution in [0.15, 0.2) is 42.5 Å². The number of hydrogen-bond donors (Lipinski definition) is 0. The summed E-state index contributed by atoms with van der Waals surface area (Å²) in [6, 6.07) is 13.2. The number of benzene rings is 2. The molecule has 4 nitrogen and oxygen atoms in total. The molecule has 0 radical (unpaired) electrons. The summed E-state index contributed by atoms with van der Waals surface area (Å²) in [5.41, 5.74) is 2.20. The van der Waals surface area contributed by atoms with E-state index in [1.165, 1.54) is 0 Å². The Labute approximate surface area is 162 Å². The lowest BCUT2D eigenvalue weighted by molar-refractivity contribution is 0.302. The highest BCUT2D eigenvalue weighted by Crippen LogP contribution is 2.41. The largest absolute Gasteiger partial charge is 0.497 e. The fraction of sp³-hybridized carbons (Fsp3) is 0.300. The van der Waals surface area contributed by atoms with Crippen molar-refractivity contribution in [3.05, 3.63) is 53.6 Å². The Hall–Kier alpha value is -2.01. The lowest BCUT2D eigenvalue weighted by atomic mass is 10.1. The molecule has 0 N–H and O–H groups in total. The molecule has 2 rings (SSSR count). The molecule has 0 bridgehead atoms. The van der Waals surface area contributed by atoms with Crippen molar-refractivity contribution in [3.8, 4) is 17.2 Å². The smallest absolute Gasteiger partial charge is 0.131 e. The Morgan fingerprint density at radius 3 is 2.19 bits per heavy atom. The molecule has 0 saturated heterocycles. The molecule has 0 spiro atoms. The Kier molecular flexibility index (Phi) is 7.98. The molecule has 0 atom stereocenters. The summed E-state index contributed by atoms with van der Waals surface area (Å²) in [6.07, 6.45) is 3.93. The van der Waals surface area contributed by atoms with Crippen LogP contribution in [-0.4, -0.2) is 37.3 Å². The Balaban J connectivity index is 2.34. The first kappa shape index (κ1) is 20.3. The van der Waals surface area contributed by atoms with Crippen molar-refractivity contribution in [2.24, 2.45) is 0 Å². The second-order valence-corrected chi connectivity index (χ2v) is 7.47. The summed E-state index contributed by atoms with van der Waals surface area (Å²) in [6.45, 7) is 0.375. The summed E-state index contributed by atoms with van der Waals surface area (Å²) in [5, 5.41) is 0. The van der Waals surface area contributed by atoms with Gasteiger partial charge in [-0.1, -0.05) is 18.2 Å². The maximum absolute atomic E-state index is 11.7. The topological polar surface area (TPSA) is 44.8 Å². The highest BCUT2D eigenvalue weighted by atomic mass is 32.2.